The van der Waals surface area contributed by atoms with Crippen molar-refractivity contribution in [2.75, 3.05) is 25.3 Å². The zero-order valence-electron chi connectivity index (χ0n) is 14.4. The number of hydrogen-bond donors (Lipinski definition) is 2. The number of ether oxygens (including phenoxy) is 2. The lowest BCUT2D eigenvalue weighted by molar-refractivity contribution is -0.384. The molecule has 0 aliphatic carbocycles. The van der Waals surface area contributed by atoms with Gasteiger partial charge in [-0.05, 0) is 23.8 Å². The zero-order chi connectivity index (χ0) is 18.7. The van der Waals surface area contributed by atoms with E-state index in [-0.39, 0.29) is 5.69 Å². The fraction of sp³-hybridized carbons (Fsp3) is 0.167. The minimum atomic E-state index is -0.464. The molecule has 134 valence electrons. The number of nitro groups is 1. The quantitative estimate of drug-likeness (QED) is 0.396. The molecule has 0 aliphatic rings. The summed E-state index contributed by atoms with van der Waals surface area (Å²) in [6.07, 6.45) is 1.24. The lowest BCUT2D eigenvalue weighted by atomic mass is 10.1. The number of methoxy groups -OCH3 is 2. The highest BCUT2D eigenvalue weighted by molar-refractivity contribution is 5.97. The number of pyridine rings is 1. The van der Waals surface area contributed by atoms with Crippen LogP contribution >= 0.6 is 0 Å². The molecule has 0 aliphatic heterocycles. The number of nitrogens with one attached hydrogen (secondary N) is 1. The van der Waals surface area contributed by atoms with Crippen LogP contribution in [-0.2, 0) is 6.54 Å². The van der Waals surface area contributed by atoms with Crippen LogP contribution in [0.15, 0.2) is 42.6 Å². The fourth-order valence-corrected chi connectivity index (χ4v) is 2.66. The number of hydrogen-bond acceptors (Lipinski definition) is 7. The Bertz CT molecular complexity index is 958. The Morgan fingerprint density at radius 1 is 1.15 bits per heavy atom. The maximum Gasteiger partial charge on any atom is 0.311 e. The molecule has 0 atom stereocenters. The molecule has 0 bridgehead atoms. The van der Waals surface area contributed by atoms with Gasteiger partial charge in [0.1, 0.15) is 11.9 Å². The predicted octanol–water partition coefficient (Wildman–Crippen LogP) is 3.35. The summed E-state index contributed by atoms with van der Waals surface area (Å²) in [5.74, 6) is 0.976. The van der Waals surface area contributed by atoms with Crippen LogP contribution in [0.4, 0.5) is 17.1 Å². The van der Waals surface area contributed by atoms with Crippen LogP contribution in [0.5, 0.6) is 11.5 Å². The van der Waals surface area contributed by atoms with Crippen molar-refractivity contribution in [2.45, 2.75) is 6.54 Å². The Kier molecular flexibility index (Phi) is 4.74. The normalized spacial score (nSPS) is 10.5. The van der Waals surface area contributed by atoms with E-state index in [1.54, 1.807) is 24.3 Å². The van der Waals surface area contributed by atoms with Gasteiger partial charge < -0.3 is 20.5 Å². The standard InChI is InChI=1S/C18H18N4O4/c1-25-16-7-13-14(8-17(16)26-2)20-10-15(22(23)24)18(13)21-9-11-3-5-12(19)6-4-11/h3-8,10H,9,19H2,1-2H3,(H,20,21). The van der Waals surface area contributed by atoms with Crippen LogP contribution in [0.2, 0.25) is 0 Å². The Morgan fingerprint density at radius 2 is 1.81 bits per heavy atom. The smallest absolute Gasteiger partial charge is 0.311 e. The van der Waals surface area contributed by atoms with E-state index in [0.29, 0.717) is 40.3 Å². The highest BCUT2D eigenvalue weighted by atomic mass is 16.6. The first-order chi connectivity index (χ1) is 12.5. The van der Waals surface area contributed by atoms with Crippen molar-refractivity contribution < 1.29 is 14.4 Å². The van der Waals surface area contributed by atoms with Gasteiger partial charge in [-0.3, -0.25) is 10.1 Å². The molecule has 0 amide bonds. The number of nitrogens with zero attached hydrogens (tertiary/aromatic N) is 2. The second kappa shape index (κ2) is 7.14. The molecule has 0 radical (unpaired) electrons. The Hall–Kier alpha value is -3.55. The maximum absolute atomic E-state index is 11.5. The monoisotopic (exact) mass is 354 g/mol. The van der Waals surface area contributed by atoms with Crippen molar-refractivity contribution in [1.29, 1.82) is 0 Å². The number of aromatic nitrogens is 1. The fourth-order valence-electron chi connectivity index (χ4n) is 2.66. The first kappa shape index (κ1) is 17.3. The molecule has 3 rings (SSSR count). The minimum Gasteiger partial charge on any atom is -0.493 e. The van der Waals surface area contributed by atoms with Gasteiger partial charge in [0.15, 0.2) is 11.5 Å². The van der Waals surface area contributed by atoms with E-state index in [9.17, 15) is 10.1 Å². The number of benzene rings is 2. The van der Waals surface area contributed by atoms with Gasteiger partial charge in [0, 0.05) is 23.7 Å². The molecule has 0 unspecified atom stereocenters. The second-order valence-corrected chi connectivity index (χ2v) is 5.60. The molecule has 26 heavy (non-hydrogen) atoms. The molecule has 8 nitrogen and oxygen atoms in total. The molecule has 0 fully saturated rings. The van der Waals surface area contributed by atoms with Crippen LogP contribution in [0.3, 0.4) is 0 Å². The lowest BCUT2D eigenvalue weighted by Crippen LogP contribution is -2.05. The molecule has 2 aromatic carbocycles. The van der Waals surface area contributed by atoms with E-state index >= 15 is 0 Å². The third-order valence-electron chi connectivity index (χ3n) is 4.00. The van der Waals surface area contributed by atoms with E-state index in [1.165, 1.54) is 20.4 Å². The van der Waals surface area contributed by atoms with E-state index < -0.39 is 4.92 Å². The molecule has 0 saturated heterocycles. The topological polar surface area (TPSA) is 113 Å². The summed E-state index contributed by atoms with van der Waals surface area (Å²) in [4.78, 5) is 15.2. The number of anilines is 2. The average Bonchev–Trinajstić information content (AvgIpc) is 2.65. The second-order valence-electron chi connectivity index (χ2n) is 5.60. The minimum absolute atomic E-state index is 0.111. The molecule has 1 heterocycles. The highest BCUT2D eigenvalue weighted by Gasteiger charge is 2.20. The summed E-state index contributed by atoms with van der Waals surface area (Å²) in [5.41, 5.74) is 8.11. The van der Waals surface area contributed by atoms with E-state index in [0.717, 1.165) is 5.56 Å². The first-order valence-electron chi connectivity index (χ1n) is 7.81. The Morgan fingerprint density at radius 3 is 2.42 bits per heavy atom. The number of fused-ring (bicyclic) bond motifs is 1. The summed E-state index contributed by atoms with van der Waals surface area (Å²) >= 11 is 0. The number of nitrogens with two attached hydrogens (primary N) is 1. The van der Waals surface area contributed by atoms with Gasteiger partial charge in [0.05, 0.1) is 24.7 Å². The molecule has 3 N–H and O–H groups in total. The van der Waals surface area contributed by atoms with Gasteiger partial charge >= 0.3 is 5.69 Å². The molecule has 1 aromatic heterocycles. The van der Waals surface area contributed by atoms with Crippen molar-refractivity contribution in [2.24, 2.45) is 0 Å². The van der Waals surface area contributed by atoms with Crippen molar-refractivity contribution in [1.82, 2.24) is 4.98 Å². The number of rotatable bonds is 6. The molecule has 8 heteroatoms. The summed E-state index contributed by atoms with van der Waals surface area (Å²) < 4.78 is 10.6. The van der Waals surface area contributed by atoms with Gasteiger partial charge in [0.25, 0.3) is 0 Å². The van der Waals surface area contributed by atoms with Crippen LogP contribution in [0, 0.1) is 10.1 Å². The maximum atomic E-state index is 11.5. The average molecular weight is 354 g/mol. The molecule has 0 spiro atoms. The van der Waals surface area contributed by atoms with Gasteiger partial charge in [-0.15, -0.1) is 0 Å². The Balaban J connectivity index is 2.08. The first-order valence-corrected chi connectivity index (χ1v) is 7.81. The van der Waals surface area contributed by atoms with Crippen LogP contribution in [0.1, 0.15) is 5.56 Å². The van der Waals surface area contributed by atoms with Gasteiger partial charge in [-0.1, -0.05) is 12.1 Å². The summed E-state index contributed by atoms with van der Waals surface area (Å²) in [6.45, 7) is 0.397. The third-order valence-corrected chi connectivity index (χ3v) is 4.00. The van der Waals surface area contributed by atoms with Crippen LogP contribution in [-0.4, -0.2) is 24.1 Å². The van der Waals surface area contributed by atoms with Gasteiger partial charge in [-0.25, -0.2) is 4.98 Å². The summed E-state index contributed by atoms with van der Waals surface area (Å²) in [6, 6.07) is 10.7. The SMILES string of the molecule is COc1cc2ncc([N+](=O)[O-])c(NCc3ccc(N)cc3)c2cc1OC. The van der Waals surface area contributed by atoms with Crippen molar-refractivity contribution >= 4 is 28.0 Å². The van der Waals surface area contributed by atoms with Crippen LogP contribution < -0.4 is 20.5 Å². The zero-order valence-corrected chi connectivity index (χ0v) is 14.4. The third kappa shape index (κ3) is 3.30. The van der Waals surface area contributed by atoms with Gasteiger partial charge in [0.2, 0.25) is 0 Å². The Labute approximate surface area is 149 Å². The summed E-state index contributed by atoms with van der Waals surface area (Å²) in [7, 11) is 3.03. The van der Waals surface area contributed by atoms with Gasteiger partial charge in [-0.2, -0.15) is 0 Å². The predicted molar refractivity (Wildman–Crippen MR) is 99.7 cm³/mol. The lowest BCUT2D eigenvalue weighted by Gasteiger charge is -2.13. The largest absolute Gasteiger partial charge is 0.493 e. The van der Waals surface area contributed by atoms with Crippen molar-refractivity contribution in [3.8, 4) is 11.5 Å². The summed E-state index contributed by atoms with van der Waals surface area (Å²) in [5, 5.41) is 15.2. The van der Waals surface area contributed by atoms with E-state index in [2.05, 4.69) is 10.3 Å². The van der Waals surface area contributed by atoms with Crippen LogP contribution in [0.25, 0.3) is 10.9 Å². The van der Waals surface area contributed by atoms with E-state index in [1.807, 2.05) is 12.1 Å². The van der Waals surface area contributed by atoms with Crippen molar-refractivity contribution in [3.05, 3.63) is 58.3 Å². The highest BCUT2D eigenvalue weighted by Crippen LogP contribution is 2.38. The molecule has 3 aromatic rings. The van der Waals surface area contributed by atoms with E-state index in [4.69, 9.17) is 15.2 Å². The number of nitrogen functional groups attached to an aromatic ring is 1. The molecular formula is C18H18N4O4. The molecule has 0 saturated carbocycles. The van der Waals surface area contributed by atoms with Crippen molar-refractivity contribution in [3.63, 3.8) is 0 Å². The molecular weight excluding hydrogens is 336 g/mol.